The lowest BCUT2D eigenvalue weighted by Gasteiger charge is -2.28. The SMILES string of the molecule is Cc1cc(CC(C)C)ccc1CCC1OCC2COC(CCc3ccc(CC(C)C)cc3C)N21. The van der Waals surface area contributed by atoms with E-state index in [2.05, 4.69) is 82.8 Å². The largest absolute Gasteiger partial charge is 0.361 e. The zero-order valence-electron chi connectivity index (χ0n) is 22.3. The van der Waals surface area contributed by atoms with E-state index in [1.807, 2.05) is 0 Å². The summed E-state index contributed by atoms with van der Waals surface area (Å²) in [7, 11) is 0. The number of aryl methyl sites for hydroxylation is 4. The lowest BCUT2D eigenvalue weighted by Crippen LogP contribution is -2.40. The van der Waals surface area contributed by atoms with E-state index in [0.29, 0.717) is 17.9 Å². The van der Waals surface area contributed by atoms with Crippen LogP contribution in [0.3, 0.4) is 0 Å². The van der Waals surface area contributed by atoms with Gasteiger partial charge < -0.3 is 9.47 Å². The normalized spacial score (nSPS) is 22.8. The van der Waals surface area contributed by atoms with Gasteiger partial charge in [-0.15, -0.1) is 0 Å². The Kier molecular flexibility index (Phi) is 8.50. The molecule has 0 spiro atoms. The Hall–Kier alpha value is -1.68. The van der Waals surface area contributed by atoms with Crippen LogP contribution >= 0.6 is 0 Å². The first-order valence-corrected chi connectivity index (χ1v) is 13.5. The van der Waals surface area contributed by atoms with Crippen molar-refractivity contribution in [2.45, 2.75) is 98.6 Å². The van der Waals surface area contributed by atoms with Crippen molar-refractivity contribution in [3.63, 3.8) is 0 Å². The highest BCUT2D eigenvalue weighted by Crippen LogP contribution is 2.32. The van der Waals surface area contributed by atoms with Gasteiger partial charge in [-0.3, -0.25) is 0 Å². The van der Waals surface area contributed by atoms with Crippen molar-refractivity contribution in [2.75, 3.05) is 13.2 Å². The zero-order valence-corrected chi connectivity index (χ0v) is 22.3. The minimum atomic E-state index is 0.168. The Morgan fingerprint density at radius 3 is 1.56 bits per heavy atom. The summed E-state index contributed by atoms with van der Waals surface area (Å²) in [5.41, 5.74) is 8.64. The molecule has 0 aliphatic carbocycles. The first-order valence-electron chi connectivity index (χ1n) is 13.5. The summed E-state index contributed by atoms with van der Waals surface area (Å²) in [6.45, 7) is 15.3. The van der Waals surface area contributed by atoms with E-state index in [1.165, 1.54) is 33.4 Å². The molecule has 0 bridgehead atoms. The second-order valence-electron chi connectivity index (χ2n) is 11.5. The summed E-state index contributed by atoms with van der Waals surface area (Å²) in [4.78, 5) is 2.53. The molecule has 186 valence electrons. The van der Waals surface area contributed by atoms with E-state index in [9.17, 15) is 0 Å². The van der Waals surface area contributed by atoms with Crippen LogP contribution in [0.2, 0.25) is 0 Å². The standard InChI is InChI=1S/C31H45NO2/c1-21(2)15-25-7-9-27(23(5)17-25)11-13-30-32-29(19-33-30)20-34-31(32)14-12-28-10-8-26(16-22(3)4)18-24(28)6/h7-10,17-18,21-22,29-31H,11-16,19-20H2,1-6H3. The van der Waals surface area contributed by atoms with Crippen LogP contribution in [0, 0.1) is 25.7 Å². The fraction of sp³-hybridized carbons (Fsp3) is 0.613. The molecular formula is C31H45NO2. The Bertz CT molecular complexity index is 875. The van der Waals surface area contributed by atoms with Gasteiger partial charge in [0.25, 0.3) is 0 Å². The third-order valence-corrected chi connectivity index (χ3v) is 7.47. The molecule has 3 heteroatoms. The quantitative estimate of drug-likeness (QED) is 0.394. The number of nitrogens with zero attached hydrogens (tertiary/aromatic N) is 1. The van der Waals surface area contributed by atoms with Gasteiger partial charge in [0, 0.05) is 0 Å². The van der Waals surface area contributed by atoms with Gasteiger partial charge in [-0.05, 0) is 97.6 Å². The van der Waals surface area contributed by atoms with Gasteiger partial charge in [0.2, 0.25) is 0 Å². The fourth-order valence-corrected chi connectivity index (χ4v) is 5.79. The van der Waals surface area contributed by atoms with Gasteiger partial charge >= 0.3 is 0 Å². The lowest BCUT2D eigenvalue weighted by molar-refractivity contribution is -0.0620. The summed E-state index contributed by atoms with van der Waals surface area (Å²) in [5.74, 6) is 1.39. The number of hydrogen-bond acceptors (Lipinski definition) is 3. The van der Waals surface area contributed by atoms with Gasteiger partial charge in [0.1, 0.15) is 12.5 Å². The average molecular weight is 464 g/mol. The van der Waals surface area contributed by atoms with E-state index in [-0.39, 0.29) is 12.5 Å². The number of ether oxygens (including phenoxy) is 2. The molecule has 2 aliphatic heterocycles. The Balaban J connectivity index is 1.33. The molecule has 4 rings (SSSR count). The Labute approximate surface area is 207 Å². The number of fused-ring (bicyclic) bond motifs is 1. The maximum Gasteiger partial charge on any atom is 0.113 e. The molecule has 2 unspecified atom stereocenters. The molecule has 0 aromatic heterocycles. The smallest absolute Gasteiger partial charge is 0.113 e. The van der Waals surface area contributed by atoms with Crippen LogP contribution in [0.4, 0.5) is 0 Å². The molecule has 2 heterocycles. The maximum atomic E-state index is 6.26. The highest BCUT2D eigenvalue weighted by atomic mass is 16.6. The molecular weight excluding hydrogens is 418 g/mol. The highest BCUT2D eigenvalue weighted by Gasteiger charge is 2.44. The van der Waals surface area contributed by atoms with Gasteiger partial charge in [0.15, 0.2) is 0 Å². The van der Waals surface area contributed by atoms with Crippen LogP contribution in [-0.4, -0.2) is 36.6 Å². The molecule has 2 atom stereocenters. The molecule has 0 saturated carbocycles. The van der Waals surface area contributed by atoms with E-state index in [0.717, 1.165) is 51.7 Å². The van der Waals surface area contributed by atoms with E-state index >= 15 is 0 Å². The van der Waals surface area contributed by atoms with Crippen LogP contribution < -0.4 is 0 Å². The molecule has 0 N–H and O–H groups in total. The van der Waals surface area contributed by atoms with Gasteiger partial charge in [-0.2, -0.15) is 0 Å². The van der Waals surface area contributed by atoms with Crippen molar-refractivity contribution in [1.82, 2.24) is 4.90 Å². The molecule has 34 heavy (non-hydrogen) atoms. The predicted molar refractivity (Wildman–Crippen MR) is 141 cm³/mol. The van der Waals surface area contributed by atoms with Gasteiger partial charge in [-0.25, -0.2) is 4.90 Å². The van der Waals surface area contributed by atoms with Crippen molar-refractivity contribution < 1.29 is 9.47 Å². The molecule has 2 aliphatic rings. The molecule has 2 saturated heterocycles. The molecule has 0 radical (unpaired) electrons. The van der Waals surface area contributed by atoms with Gasteiger partial charge in [0.05, 0.1) is 19.3 Å². The van der Waals surface area contributed by atoms with Gasteiger partial charge in [-0.1, -0.05) is 64.1 Å². The van der Waals surface area contributed by atoms with E-state index in [4.69, 9.17) is 9.47 Å². The van der Waals surface area contributed by atoms with Crippen LogP contribution in [0.25, 0.3) is 0 Å². The van der Waals surface area contributed by atoms with Crippen molar-refractivity contribution in [3.05, 3.63) is 69.8 Å². The van der Waals surface area contributed by atoms with Crippen molar-refractivity contribution >= 4 is 0 Å². The summed E-state index contributed by atoms with van der Waals surface area (Å²) >= 11 is 0. The van der Waals surface area contributed by atoms with Crippen LogP contribution in [0.15, 0.2) is 36.4 Å². The summed E-state index contributed by atoms with van der Waals surface area (Å²) < 4.78 is 12.5. The number of rotatable bonds is 10. The zero-order chi connectivity index (χ0) is 24.2. The third kappa shape index (κ3) is 6.30. The first kappa shape index (κ1) is 25.4. The Morgan fingerprint density at radius 2 is 1.18 bits per heavy atom. The molecule has 3 nitrogen and oxygen atoms in total. The van der Waals surface area contributed by atoms with E-state index in [1.54, 1.807) is 0 Å². The summed E-state index contributed by atoms with van der Waals surface area (Å²) in [5, 5.41) is 0. The minimum Gasteiger partial charge on any atom is -0.361 e. The highest BCUT2D eigenvalue weighted by molar-refractivity contribution is 5.32. The number of hydrogen-bond donors (Lipinski definition) is 0. The van der Waals surface area contributed by atoms with E-state index < -0.39 is 0 Å². The van der Waals surface area contributed by atoms with Crippen molar-refractivity contribution in [1.29, 1.82) is 0 Å². The van der Waals surface area contributed by atoms with Crippen molar-refractivity contribution in [2.24, 2.45) is 11.8 Å². The average Bonchev–Trinajstić information content (AvgIpc) is 3.34. The fourth-order valence-electron chi connectivity index (χ4n) is 5.79. The van der Waals surface area contributed by atoms with Crippen molar-refractivity contribution in [3.8, 4) is 0 Å². The van der Waals surface area contributed by atoms with Crippen LogP contribution in [-0.2, 0) is 35.2 Å². The maximum absolute atomic E-state index is 6.26. The second-order valence-corrected chi connectivity index (χ2v) is 11.5. The topological polar surface area (TPSA) is 21.7 Å². The molecule has 2 fully saturated rings. The second kappa shape index (κ2) is 11.4. The third-order valence-electron chi connectivity index (χ3n) is 7.47. The number of benzene rings is 2. The molecule has 2 aromatic rings. The summed E-state index contributed by atoms with van der Waals surface area (Å²) in [6.07, 6.45) is 6.83. The molecule has 0 amide bonds. The molecule has 2 aromatic carbocycles. The lowest BCUT2D eigenvalue weighted by atomic mass is 9.96. The van der Waals surface area contributed by atoms with Crippen LogP contribution in [0.1, 0.15) is 73.9 Å². The van der Waals surface area contributed by atoms with Crippen LogP contribution in [0.5, 0.6) is 0 Å². The Morgan fingerprint density at radius 1 is 0.735 bits per heavy atom. The monoisotopic (exact) mass is 463 g/mol. The minimum absolute atomic E-state index is 0.168. The summed E-state index contributed by atoms with van der Waals surface area (Å²) in [6, 6.07) is 14.5. The first-order chi connectivity index (χ1) is 16.3. The predicted octanol–water partition coefficient (Wildman–Crippen LogP) is 6.65.